The summed E-state index contributed by atoms with van der Waals surface area (Å²) < 4.78 is 0. The standard InChI is InChI=1S/C11H10N/c1-2-4-11-10(3-1)9-6-5-8(9)7-12-11/h1-4H,5-7H2. The van der Waals surface area contributed by atoms with Crippen molar-refractivity contribution >= 4 is 11.3 Å². The van der Waals surface area contributed by atoms with Crippen LogP contribution >= 0.6 is 0 Å². The molecule has 0 N–H and O–H groups in total. The molecule has 2 aliphatic rings. The maximum atomic E-state index is 4.52. The number of allylic oxidation sites excluding steroid dienone is 1. The fraction of sp³-hybridized carbons (Fsp3) is 0.273. The van der Waals surface area contributed by atoms with Crippen molar-refractivity contribution in [3.05, 3.63) is 35.4 Å². The Hall–Kier alpha value is -1.24. The predicted molar refractivity (Wildman–Crippen MR) is 49.3 cm³/mol. The van der Waals surface area contributed by atoms with Gasteiger partial charge in [-0.15, -0.1) is 0 Å². The van der Waals surface area contributed by atoms with Crippen LogP contribution in [0.1, 0.15) is 18.4 Å². The van der Waals surface area contributed by atoms with Gasteiger partial charge in [0.25, 0.3) is 0 Å². The average Bonchev–Trinajstić information content (AvgIpc) is 2.05. The molecule has 0 spiro atoms. The molecular formula is C11H10N. The fourth-order valence-corrected chi connectivity index (χ4v) is 1.97. The minimum atomic E-state index is 0.951. The first kappa shape index (κ1) is 6.30. The smallest absolute Gasteiger partial charge is 0.0653 e. The minimum absolute atomic E-state index is 0.951. The Labute approximate surface area is 72.1 Å². The molecule has 12 heavy (non-hydrogen) atoms. The van der Waals surface area contributed by atoms with Gasteiger partial charge in [0, 0.05) is 5.56 Å². The SMILES string of the molecule is c1ccc2c(c1)[N]CC1=C2CC1. The molecule has 0 bridgehead atoms. The summed E-state index contributed by atoms with van der Waals surface area (Å²) in [6, 6.07) is 8.46. The molecule has 1 heterocycles. The molecule has 0 atom stereocenters. The monoisotopic (exact) mass is 156 g/mol. The maximum absolute atomic E-state index is 4.52. The van der Waals surface area contributed by atoms with E-state index >= 15 is 0 Å². The van der Waals surface area contributed by atoms with Crippen molar-refractivity contribution in [1.82, 2.24) is 5.32 Å². The summed E-state index contributed by atoms with van der Waals surface area (Å²) in [5.41, 5.74) is 5.70. The summed E-state index contributed by atoms with van der Waals surface area (Å²) in [7, 11) is 0. The lowest BCUT2D eigenvalue weighted by atomic mass is 9.81. The fourth-order valence-electron chi connectivity index (χ4n) is 1.97. The Kier molecular flexibility index (Phi) is 1.12. The van der Waals surface area contributed by atoms with Crippen LogP contribution in [0.2, 0.25) is 0 Å². The Balaban J connectivity index is 2.22. The van der Waals surface area contributed by atoms with Crippen LogP contribution in [0, 0.1) is 0 Å². The van der Waals surface area contributed by atoms with Gasteiger partial charge < -0.3 is 0 Å². The number of nitrogens with zero attached hydrogens (tertiary/aromatic N) is 1. The van der Waals surface area contributed by atoms with Crippen molar-refractivity contribution in [2.75, 3.05) is 6.54 Å². The van der Waals surface area contributed by atoms with Crippen LogP contribution in [-0.4, -0.2) is 6.54 Å². The van der Waals surface area contributed by atoms with Crippen molar-refractivity contribution in [3.8, 4) is 0 Å². The molecule has 1 aromatic carbocycles. The summed E-state index contributed by atoms with van der Waals surface area (Å²) in [6.45, 7) is 0.951. The first-order valence-corrected chi connectivity index (χ1v) is 4.43. The van der Waals surface area contributed by atoms with E-state index in [1.54, 1.807) is 11.1 Å². The van der Waals surface area contributed by atoms with E-state index in [9.17, 15) is 0 Å². The number of hydrogen-bond donors (Lipinski definition) is 0. The zero-order chi connectivity index (χ0) is 7.97. The molecule has 1 radical (unpaired) electrons. The van der Waals surface area contributed by atoms with E-state index in [0.29, 0.717) is 0 Å². The summed E-state index contributed by atoms with van der Waals surface area (Å²) in [5.74, 6) is 0. The van der Waals surface area contributed by atoms with E-state index < -0.39 is 0 Å². The Bertz CT molecular complexity index is 363. The second-order valence-corrected chi connectivity index (χ2v) is 3.42. The summed E-state index contributed by atoms with van der Waals surface area (Å²) in [4.78, 5) is 0. The summed E-state index contributed by atoms with van der Waals surface area (Å²) >= 11 is 0. The van der Waals surface area contributed by atoms with E-state index in [-0.39, 0.29) is 0 Å². The van der Waals surface area contributed by atoms with Crippen molar-refractivity contribution in [3.63, 3.8) is 0 Å². The van der Waals surface area contributed by atoms with E-state index in [0.717, 1.165) is 6.54 Å². The van der Waals surface area contributed by atoms with E-state index in [1.807, 2.05) is 0 Å². The highest BCUT2D eigenvalue weighted by Gasteiger charge is 2.24. The number of para-hydroxylation sites is 1. The van der Waals surface area contributed by atoms with Gasteiger partial charge in [0.05, 0.1) is 12.2 Å². The third-order valence-corrected chi connectivity index (χ3v) is 2.77. The molecule has 0 unspecified atom stereocenters. The third kappa shape index (κ3) is 0.685. The Morgan fingerprint density at radius 3 is 2.83 bits per heavy atom. The lowest BCUT2D eigenvalue weighted by Gasteiger charge is -2.30. The molecule has 0 saturated heterocycles. The highest BCUT2D eigenvalue weighted by Crippen LogP contribution is 2.42. The molecular weight excluding hydrogens is 146 g/mol. The third-order valence-electron chi connectivity index (χ3n) is 2.77. The summed E-state index contributed by atoms with van der Waals surface area (Å²) in [5, 5.41) is 4.52. The molecule has 1 aromatic rings. The van der Waals surface area contributed by atoms with Gasteiger partial charge in [-0.2, -0.15) is 0 Å². The largest absolute Gasteiger partial charge is 0.280 e. The maximum Gasteiger partial charge on any atom is 0.0653 e. The molecule has 3 rings (SSSR count). The van der Waals surface area contributed by atoms with Crippen LogP contribution in [0.25, 0.3) is 5.57 Å². The van der Waals surface area contributed by atoms with Crippen molar-refractivity contribution in [1.29, 1.82) is 0 Å². The minimum Gasteiger partial charge on any atom is -0.280 e. The number of fused-ring (bicyclic) bond motifs is 2. The molecule has 0 aromatic heterocycles. The van der Waals surface area contributed by atoms with Crippen molar-refractivity contribution in [2.45, 2.75) is 12.8 Å². The van der Waals surface area contributed by atoms with E-state index in [2.05, 4.69) is 29.6 Å². The molecule has 1 aliphatic heterocycles. The van der Waals surface area contributed by atoms with Crippen molar-refractivity contribution < 1.29 is 0 Å². The van der Waals surface area contributed by atoms with Crippen LogP contribution in [-0.2, 0) is 0 Å². The normalized spacial score (nSPS) is 19.0. The lowest BCUT2D eigenvalue weighted by Crippen LogP contribution is -2.18. The quantitative estimate of drug-likeness (QED) is 0.548. The van der Waals surface area contributed by atoms with Crippen LogP contribution in [0.3, 0.4) is 0 Å². The van der Waals surface area contributed by atoms with Gasteiger partial charge in [0.1, 0.15) is 0 Å². The Morgan fingerprint density at radius 2 is 2.00 bits per heavy atom. The number of benzene rings is 1. The van der Waals surface area contributed by atoms with Gasteiger partial charge in [0.15, 0.2) is 0 Å². The van der Waals surface area contributed by atoms with Crippen LogP contribution in [0.4, 0.5) is 5.69 Å². The second kappa shape index (κ2) is 2.13. The molecule has 1 aliphatic carbocycles. The second-order valence-electron chi connectivity index (χ2n) is 3.42. The van der Waals surface area contributed by atoms with Gasteiger partial charge in [-0.25, -0.2) is 0 Å². The lowest BCUT2D eigenvalue weighted by molar-refractivity contribution is 0.778. The topological polar surface area (TPSA) is 14.1 Å². The van der Waals surface area contributed by atoms with Crippen molar-refractivity contribution in [2.24, 2.45) is 0 Å². The Morgan fingerprint density at radius 1 is 1.08 bits per heavy atom. The predicted octanol–water partition coefficient (Wildman–Crippen LogP) is 2.48. The van der Waals surface area contributed by atoms with Crippen LogP contribution in [0.5, 0.6) is 0 Å². The molecule has 0 saturated carbocycles. The van der Waals surface area contributed by atoms with Gasteiger partial charge in [-0.1, -0.05) is 18.2 Å². The van der Waals surface area contributed by atoms with Gasteiger partial charge in [-0.3, -0.25) is 5.32 Å². The summed E-state index contributed by atoms with van der Waals surface area (Å²) in [6.07, 6.45) is 2.54. The van der Waals surface area contributed by atoms with Crippen LogP contribution in [0.15, 0.2) is 29.8 Å². The van der Waals surface area contributed by atoms with Gasteiger partial charge >= 0.3 is 0 Å². The van der Waals surface area contributed by atoms with Crippen LogP contribution < -0.4 is 5.32 Å². The zero-order valence-corrected chi connectivity index (χ0v) is 6.88. The molecule has 0 amide bonds. The number of rotatable bonds is 0. The van der Waals surface area contributed by atoms with Gasteiger partial charge in [-0.05, 0) is 30.1 Å². The zero-order valence-electron chi connectivity index (χ0n) is 6.88. The molecule has 1 heteroatoms. The highest BCUT2D eigenvalue weighted by molar-refractivity contribution is 5.82. The molecule has 1 nitrogen and oxygen atoms in total. The molecule has 59 valence electrons. The van der Waals surface area contributed by atoms with E-state index in [1.165, 1.54) is 24.1 Å². The first-order chi connectivity index (χ1) is 5.95. The number of hydrogen-bond acceptors (Lipinski definition) is 0. The highest BCUT2D eigenvalue weighted by atomic mass is 14.9. The van der Waals surface area contributed by atoms with E-state index in [4.69, 9.17) is 0 Å². The van der Waals surface area contributed by atoms with Gasteiger partial charge in [0.2, 0.25) is 0 Å². The molecule has 0 fully saturated rings. The average molecular weight is 156 g/mol. The first-order valence-electron chi connectivity index (χ1n) is 4.43.